The molecule has 0 radical (unpaired) electrons. The third kappa shape index (κ3) is 6.90. The SMILES string of the molecule is CN=C(NCCCCSC)NCc1ccc(C(=O)N2CCCCC2)cc1. The van der Waals surface area contributed by atoms with Crippen molar-refractivity contribution in [2.45, 2.75) is 38.6 Å². The molecule has 1 aliphatic heterocycles. The number of unbranched alkanes of at least 4 members (excludes halogenated alkanes) is 1. The summed E-state index contributed by atoms with van der Waals surface area (Å²) in [5.41, 5.74) is 1.93. The number of thioether (sulfide) groups is 1. The van der Waals surface area contributed by atoms with Gasteiger partial charge in [-0.2, -0.15) is 11.8 Å². The number of hydrogen-bond acceptors (Lipinski definition) is 3. The molecule has 0 unspecified atom stereocenters. The van der Waals surface area contributed by atoms with Gasteiger partial charge in [0, 0.05) is 38.8 Å². The van der Waals surface area contributed by atoms with Crippen molar-refractivity contribution in [2.75, 3.05) is 38.7 Å². The van der Waals surface area contributed by atoms with Crippen LogP contribution in [0.4, 0.5) is 0 Å². The molecule has 5 nitrogen and oxygen atoms in total. The molecule has 0 saturated carbocycles. The van der Waals surface area contributed by atoms with Gasteiger partial charge in [-0.05, 0) is 61.8 Å². The number of likely N-dealkylation sites (tertiary alicyclic amines) is 1. The summed E-state index contributed by atoms with van der Waals surface area (Å²) in [4.78, 5) is 18.7. The topological polar surface area (TPSA) is 56.7 Å². The van der Waals surface area contributed by atoms with Gasteiger partial charge in [0.15, 0.2) is 5.96 Å². The Morgan fingerprint density at radius 3 is 2.50 bits per heavy atom. The fraction of sp³-hybridized carbons (Fsp3) is 0.600. The fourth-order valence-electron chi connectivity index (χ4n) is 3.03. The predicted molar refractivity (Wildman–Crippen MR) is 112 cm³/mol. The van der Waals surface area contributed by atoms with Crippen LogP contribution in [0.2, 0.25) is 0 Å². The molecule has 0 aromatic heterocycles. The van der Waals surface area contributed by atoms with E-state index in [1.54, 1.807) is 7.05 Å². The number of amides is 1. The Kier molecular flexibility index (Phi) is 9.39. The number of rotatable bonds is 8. The highest BCUT2D eigenvalue weighted by Gasteiger charge is 2.17. The van der Waals surface area contributed by atoms with Crippen molar-refractivity contribution in [3.63, 3.8) is 0 Å². The third-order valence-corrected chi connectivity index (χ3v) is 5.29. The third-order valence-electron chi connectivity index (χ3n) is 4.60. The predicted octanol–water partition coefficient (Wildman–Crippen LogP) is 3.12. The largest absolute Gasteiger partial charge is 0.356 e. The Labute approximate surface area is 162 Å². The van der Waals surface area contributed by atoms with E-state index < -0.39 is 0 Å². The number of hydrogen-bond donors (Lipinski definition) is 2. The maximum atomic E-state index is 12.5. The van der Waals surface area contributed by atoms with Gasteiger partial charge in [-0.1, -0.05) is 12.1 Å². The molecule has 6 heteroatoms. The van der Waals surface area contributed by atoms with E-state index in [-0.39, 0.29) is 5.91 Å². The molecule has 1 heterocycles. The molecular formula is C20H32N4OS. The number of aliphatic imine (C=N–C) groups is 1. The summed E-state index contributed by atoms with van der Waals surface area (Å²) in [6.45, 7) is 3.41. The van der Waals surface area contributed by atoms with Crippen LogP contribution in [0, 0.1) is 0 Å². The van der Waals surface area contributed by atoms with Gasteiger partial charge in [0.2, 0.25) is 0 Å². The number of carbonyl (C=O) groups is 1. The van der Waals surface area contributed by atoms with Crippen molar-refractivity contribution in [3.8, 4) is 0 Å². The first-order chi connectivity index (χ1) is 12.7. The molecule has 26 heavy (non-hydrogen) atoms. The van der Waals surface area contributed by atoms with E-state index >= 15 is 0 Å². The highest BCUT2D eigenvalue weighted by Crippen LogP contribution is 2.13. The van der Waals surface area contributed by atoms with Crippen LogP contribution in [0.15, 0.2) is 29.3 Å². The van der Waals surface area contributed by atoms with E-state index in [0.717, 1.165) is 56.0 Å². The van der Waals surface area contributed by atoms with Crippen LogP contribution in [0.5, 0.6) is 0 Å². The second kappa shape index (κ2) is 11.8. The smallest absolute Gasteiger partial charge is 0.253 e. The van der Waals surface area contributed by atoms with Crippen LogP contribution in [-0.4, -0.2) is 55.5 Å². The standard InChI is InChI=1S/C20H32N4OS/c1-21-20(22-12-4-7-15-26-2)23-16-17-8-10-18(11-9-17)19(25)24-13-5-3-6-14-24/h8-11H,3-7,12-16H2,1-2H3,(H2,21,22,23). The van der Waals surface area contributed by atoms with Gasteiger partial charge >= 0.3 is 0 Å². The van der Waals surface area contributed by atoms with E-state index in [4.69, 9.17) is 0 Å². The van der Waals surface area contributed by atoms with Gasteiger partial charge in [-0.3, -0.25) is 9.79 Å². The Bertz CT molecular complexity index is 568. The second-order valence-electron chi connectivity index (χ2n) is 6.60. The zero-order valence-corrected chi connectivity index (χ0v) is 16.9. The van der Waals surface area contributed by atoms with Crippen LogP contribution in [0.3, 0.4) is 0 Å². The lowest BCUT2D eigenvalue weighted by Crippen LogP contribution is -2.37. The average Bonchev–Trinajstić information content (AvgIpc) is 2.70. The minimum Gasteiger partial charge on any atom is -0.356 e. The number of piperidine rings is 1. The molecule has 1 aromatic carbocycles. The number of nitrogens with one attached hydrogen (secondary N) is 2. The summed E-state index contributed by atoms with van der Waals surface area (Å²) in [5.74, 6) is 2.19. The zero-order valence-electron chi connectivity index (χ0n) is 16.1. The normalized spacial score (nSPS) is 15.0. The fourth-order valence-corrected chi connectivity index (χ4v) is 3.52. The van der Waals surface area contributed by atoms with E-state index in [1.807, 2.05) is 40.9 Å². The Morgan fingerprint density at radius 2 is 1.85 bits per heavy atom. The number of guanidine groups is 1. The molecule has 2 rings (SSSR count). The van der Waals surface area contributed by atoms with Crippen LogP contribution in [0.1, 0.15) is 48.0 Å². The molecule has 0 bridgehead atoms. The lowest BCUT2D eigenvalue weighted by atomic mass is 10.1. The number of carbonyl (C=O) groups excluding carboxylic acids is 1. The highest BCUT2D eigenvalue weighted by molar-refractivity contribution is 7.98. The van der Waals surface area contributed by atoms with Crippen LogP contribution >= 0.6 is 11.8 Å². The summed E-state index contributed by atoms with van der Waals surface area (Å²) in [5, 5.41) is 6.67. The molecule has 0 aliphatic carbocycles. The summed E-state index contributed by atoms with van der Waals surface area (Å²) in [7, 11) is 1.79. The molecule has 144 valence electrons. The van der Waals surface area contributed by atoms with Crippen LogP contribution in [0.25, 0.3) is 0 Å². The number of benzene rings is 1. The Morgan fingerprint density at radius 1 is 1.12 bits per heavy atom. The first-order valence-electron chi connectivity index (χ1n) is 9.56. The van der Waals surface area contributed by atoms with E-state index in [1.165, 1.54) is 18.6 Å². The minimum absolute atomic E-state index is 0.159. The zero-order chi connectivity index (χ0) is 18.6. The molecule has 0 atom stereocenters. The quantitative estimate of drug-likeness (QED) is 0.416. The van der Waals surface area contributed by atoms with Crippen molar-refractivity contribution < 1.29 is 4.79 Å². The van der Waals surface area contributed by atoms with Crippen LogP contribution in [-0.2, 0) is 6.54 Å². The summed E-state index contributed by atoms with van der Waals surface area (Å²) >= 11 is 1.89. The highest BCUT2D eigenvalue weighted by atomic mass is 32.2. The van der Waals surface area contributed by atoms with Crippen molar-refractivity contribution in [3.05, 3.63) is 35.4 Å². The van der Waals surface area contributed by atoms with Gasteiger partial charge in [0.25, 0.3) is 5.91 Å². The Balaban J connectivity index is 1.76. The van der Waals surface area contributed by atoms with Gasteiger partial charge < -0.3 is 15.5 Å². The summed E-state index contributed by atoms with van der Waals surface area (Å²) in [6, 6.07) is 7.92. The maximum absolute atomic E-state index is 12.5. The molecular weight excluding hydrogens is 344 g/mol. The molecule has 1 aromatic rings. The monoisotopic (exact) mass is 376 g/mol. The average molecular weight is 377 g/mol. The van der Waals surface area contributed by atoms with Gasteiger partial charge in [0.05, 0.1) is 0 Å². The summed E-state index contributed by atoms with van der Waals surface area (Å²) < 4.78 is 0. The van der Waals surface area contributed by atoms with E-state index in [0.29, 0.717) is 6.54 Å². The van der Waals surface area contributed by atoms with Gasteiger partial charge in [-0.25, -0.2) is 0 Å². The van der Waals surface area contributed by atoms with Crippen molar-refractivity contribution in [2.24, 2.45) is 4.99 Å². The molecule has 0 spiro atoms. The maximum Gasteiger partial charge on any atom is 0.253 e. The molecule has 1 amide bonds. The molecule has 1 aliphatic rings. The Hall–Kier alpha value is -1.69. The first kappa shape index (κ1) is 20.6. The molecule has 1 fully saturated rings. The lowest BCUT2D eigenvalue weighted by molar-refractivity contribution is 0.0724. The number of nitrogens with zero attached hydrogens (tertiary/aromatic N) is 2. The van der Waals surface area contributed by atoms with Crippen molar-refractivity contribution in [1.82, 2.24) is 15.5 Å². The minimum atomic E-state index is 0.159. The molecule has 2 N–H and O–H groups in total. The first-order valence-corrected chi connectivity index (χ1v) is 11.0. The van der Waals surface area contributed by atoms with Crippen molar-refractivity contribution in [1.29, 1.82) is 0 Å². The lowest BCUT2D eigenvalue weighted by Gasteiger charge is -2.26. The second-order valence-corrected chi connectivity index (χ2v) is 7.59. The summed E-state index contributed by atoms with van der Waals surface area (Å²) in [6.07, 6.45) is 7.99. The van der Waals surface area contributed by atoms with Crippen molar-refractivity contribution >= 4 is 23.6 Å². The van der Waals surface area contributed by atoms with Gasteiger partial charge in [0.1, 0.15) is 0 Å². The van der Waals surface area contributed by atoms with E-state index in [2.05, 4.69) is 21.9 Å². The van der Waals surface area contributed by atoms with E-state index in [9.17, 15) is 4.79 Å². The van der Waals surface area contributed by atoms with Crippen LogP contribution < -0.4 is 10.6 Å². The molecule has 1 saturated heterocycles. The van der Waals surface area contributed by atoms with Gasteiger partial charge in [-0.15, -0.1) is 0 Å².